The van der Waals surface area contributed by atoms with Crippen molar-refractivity contribution in [2.45, 2.75) is 26.3 Å². The van der Waals surface area contributed by atoms with Gasteiger partial charge in [0.25, 0.3) is 0 Å². The third kappa shape index (κ3) is 2.34. The van der Waals surface area contributed by atoms with Crippen LogP contribution in [0, 0.1) is 0 Å². The van der Waals surface area contributed by atoms with Crippen LogP contribution in [0.4, 0.5) is 5.95 Å². The highest BCUT2D eigenvalue weighted by molar-refractivity contribution is 5.27. The van der Waals surface area contributed by atoms with Crippen molar-refractivity contribution in [1.82, 2.24) is 9.55 Å². The van der Waals surface area contributed by atoms with E-state index in [1.54, 1.807) is 0 Å². The Hall–Kier alpha value is -1.25. The Morgan fingerprint density at radius 2 is 2.54 bits per heavy atom. The minimum absolute atomic E-state index is 0.495. The molecule has 0 aromatic carbocycles. The molecule has 1 aromatic heterocycles. The Bertz CT molecular complexity index is 265. The minimum atomic E-state index is 0.495. The van der Waals surface area contributed by atoms with Crippen LogP contribution < -0.4 is 5.32 Å². The molecule has 1 aromatic rings. The average molecular weight is 179 g/mol. The molecule has 0 radical (unpaired) electrons. The summed E-state index contributed by atoms with van der Waals surface area (Å²) in [6, 6.07) is 0.495. The maximum Gasteiger partial charge on any atom is 0.203 e. The van der Waals surface area contributed by atoms with E-state index in [1.165, 1.54) is 0 Å². The first kappa shape index (κ1) is 9.84. The van der Waals surface area contributed by atoms with E-state index in [2.05, 4.69) is 35.3 Å². The van der Waals surface area contributed by atoms with E-state index < -0.39 is 0 Å². The molecule has 13 heavy (non-hydrogen) atoms. The second-order valence-corrected chi connectivity index (χ2v) is 3.08. The summed E-state index contributed by atoms with van der Waals surface area (Å²) >= 11 is 0. The van der Waals surface area contributed by atoms with Crippen molar-refractivity contribution in [2.75, 3.05) is 11.9 Å². The normalized spacial score (nSPS) is 12.5. The molecule has 1 rings (SSSR count). The summed E-state index contributed by atoms with van der Waals surface area (Å²) in [5.41, 5.74) is 0. The molecule has 0 aliphatic carbocycles. The van der Waals surface area contributed by atoms with Crippen LogP contribution in [-0.2, 0) is 0 Å². The molecular formula is C10H17N3. The molecule has 0 amide bonds. The summed E-state index contributed by atoms with van der Waals surface area (Å²) in [7, 11) is 0. The number of hydrogen-bond donors (Lipinski definition) is 1. The molecule has 0 spiro atoms. The molecule has 72 valence electrons. The fourth-order valence-electron chi connectivity index (χ4n) is 1.17. The van der Waals surface area contributed by atoms with E-state index in [9.17, 15) is 0 Å². The van der Waals surface area contributed by atoms with Gasteiger partial charge in [-0.25, -0.2) is 4.98 Å². The van der Waals surface area contributed by atoms with E-state index in [1.807, 2.05) is 18.5 Å². The van der Waals surface area contributed by atoms with Gasteiger partial charge >= 0.3 is 0 Å². The predicted molar refractivity (Wildman–Crippen MR) is 55.9 cm³/mol. The number of anilines is 1. The zero-order valence-corrected chi connectivity index (χ0v) is 8.33. The lowest BCUT2D eigenvalue weighted by atomic mass is 10.2. The van der Waals surface area contributed by atoms with Crippen molar-refractivity contribution >= 4 is 5.95 Å². The fraction of sp³-hybridized carbons (Fsp3) is 0.500. The second kappa shape index (κ2) is 4.70. The van der Waals surface area contributed by atoms with Gasteiger partial charge in [0.1, 0.15) is 0 Å². The fourth-order valence-corrected chi connectivity index (χ4v) is 1.17. The number of nitrogens with one attached hydrogen (secondary N) is 1. The van der Waals surface area contributed by atoms with Crippen molar-refractivity contribution in [1.29, 1.82) is 0 Å². The maximum atomic E-state index is 4.23. The third-order valence-corrected chi connectivity index (χ3v) is 2.14. The van der Waals surface area contributed by atoms with Crippen LogP contribution in [0.25, 0.3) is 0 Å². The third-order valence-electron chi connectivity index (χ3n) is 2.14. The first-order valence-corrected chi connectivity index (χ1v) is 4.67. The molecule has 0 aliphatic heterocycles. The number of aromatic nitrogens is 2. The molecule has 1 heterocycles. The van der Waals surface area contributed by atoms with Crippen LogP contribution in [0.2, 0.25) is 0 Å². The lowest BCUT2D eigenvalue weighted by Gasteiger charge is -2.14. The average Bonchev–Trinajstić information content (AvgIpc) is 2.61. The summed E-state index contributed by atoms with van der Waals surface area (Å²) in [4.78, 5) is 4.23. The number of rotatable bonds is 5. The standard InChI is InChI=1S/C10H17N3/c1-4-6-11-10-12-7-8-13(10)9(3)5-2/h4,7-9H,1,5-6H2,2-3H3,(H,11,12). The van der Waals surface area contributed by atoms with E-state index >= 15 is 0 Å². The van der Waals surface area contributed by atoms with E-state index in [4.69, 9.17) is 0 Å². The number of hydrogen-bond acceptors (Lipinski definition) is 2. The van der Waals surface area contributed by atoms with Crippen molar-refractivity contribution in [3.8, 4) is 0 Å². The molecule has 0 saturated heterocycles. The lowest BCUT2D eigenvalue weighted by molar-refractivity contribution is 0.536. The van der Waals surface area contributed by atoms with E-state index in [0.29, 0.717) is 6.04 Å². The summed E-state index contributed by atoms with van der Waals surface area (Å²) < 4.78 is 2.14. The molecule has 1 N–H and O–H groups in total. The van der Waals surface area contributed by atoms with Gasteiger partial charge in [-0.2, -0.15) is 0 Å². The van der Waals surface area contributed by atoms with Gasteiger partial charge in [-0.1, -0.05) is 13.0 Å². The predicted octanol–water partition coefficient (Wildman–Crippen LogP) is 2.45. The van der Waals surface area contributed by atoms with Gasteiger partial charge in [-0.05, 0) is 13.3 Å². The van der Waals surface area contributed by atoms with Gasteiger partial charge in [0.15, 0.2) is 0 Å². The quantitative estimate of drug-likeness (QED) is 0.704. The smallest absolute Gasteiger partial charge is 0.203 e. The van der Waals surface area contributed by atoms with Gasteiger partial charge < -0.3 is 9.88 Å². The van der Waals surface area contributed by atoms with Crippen molar-refractivity contribution in [3.63, 3.8) is 0 Å². The monoisotopic (exact) mass is 179 g/mol. The molecule has 1 unspecified atom stereocenters. The summed E-state index contributed by atoms with van der Waals surface area (Å²) in [5.74, 6) is 0.925. The molecule has 0 saturated carbocycles. The highest BCUT2D eigenvalue weighted by atomic mass is 15.2. The zero-order chi connectivity index (χ0) is 9.68. The van der Waals surface area contributed by atoms with E-state index in [-0.39, 0.29) is 0 Å². The van der Waals surface area contributed by atoms with Crippen LogP contribution in [-0.4, -0.2) is 16.1 Å². The largest absolute Gasteiger partial charge is 0.352 e. The number of nitrogens with zero attached hydrogens (tertiary/aromatic N) is 2. The van der Waals surface area contributed by atoms with Crippen LogP contribution in [0.5, 0.6) is 0 Å². The molecule has 0 aliphatic rings. The first-order valence-electron chi connectivity index (χ1n) is 4.67. The van der Waals surface area contributed by atoms with Crippen molar-refractivity contribution < 1.29 is 0 Å². The van der Waals surface area contributed by atoms with Gasteiger partial charge in [-0.3, -0.25) is 0 Å². The lowest BCUT2D eigenvalue weighted by Crippen LogP contribution is -2.10. The molecule has 1 atom stereocenters. The molecule has 0 fully saturated rings. The van der Waals surface area contributed by atoms with Crippen LogP contribution in [0.1, 0.15) is 26.3 Å². The summed E-state index contributed by atoms with van der Waals surface area (Å²) in [5, 5.41) is 3.19. The highest BCUT2D eigenvalue weighted by Crippen LogP contribution is 2.15. The molecule has 0 bridgehead atoms. The van der Waals surface area contributed by atoms with Crippen LogP contribution in [0.15, 0.2) is 25.0 Å². The topological polar surface area (TPSA) is 29.9 Å². The zero-order valence-electron chi connectivity index (χ0n) is 8.33. The molecule has 3 nitrogen and oxygen atoms in total. The van der Waals surface area contributed by atoms with Crippen molar-refractivity contribution in [3.05, 3.63) is 25.0 Å². The minimum Gasteiger partial charge on any atom is -0.352 e. The maximum absolute atomic E-state index is 4.23. The summed E-state index contributed by atoms with van der Waals surface area (Å²) in [6.07, 6.45) is 6.76. The summed E-state index contributed by atoms with van der Waals surface area (Å²) in [6.45, 7) is 8.76. The first-order chi connectivity index (χ1) is 6.29. The van der Waals surface area contributed by atoms with Gasteiger partial charge in [0.2, 0.25) is 5.95 Å². The second-order valence-electron chi connectivity index (χ2n) is 3.08. The Labute approximate surface area is 79.5 Å². The Morgan fingerprint density at radius 1 is 1.77 bits per heavy atom. The van der Waals surface area contributed by atoms with Crippen molar-refractivity contribution in [2.24, 2.45) is 0 Å². The Balaban J connectivity index is 2.70. The van der Waals surface area contributed by atoms with E-state index in [0.717, 1.165) is 18.9 Å². The van der Waals surface area contributed by atoms with Gasteiger partial charge in [0, 0.05) is 25.0 Å². The Kier molecular flexibility index (Phi) is 3.55. The van der Waals surface area contributed by atoms with Crippen LogP contribution >= 0.6 is 0 Å². The highest BCUT2D eigenvalue weighted by Gasteiger charge is 2.06. The SMILES string of the molecule is C=CCNc1nccn1C(C)CC. The Morgan fingerprint density at radius 3 is 3.15 bits per heavy atom. The van der Waals surface area contributed by atoms with Gasteiger partial charge in [-0.15, -0.1) is 6.58 Å². The van der Waals surface area contributed by atoms with Gasteiger partial charge in [0.05, 0.1) is 0 Å². The van der Waals surface area contributed by atoms with Crippen LogP contribution in [0.3, 0.4) is 0 Å². The number of imidazole rings is 1. The molecule has 3 heteroatoms. The molecular weight excluding hydrogens is 162 g/mol.